The summed E-state index contributed by atoms with van der Waals surface area (Å²) in [5, 5.41) is 0. The molecule has 1 aromatic carbocycles. The average molecular weight is 225 g/mol. The molecular weight excluding hydrogens is 210 g/mol. The third kappa shape index (κ3) is 2.38. The molecule has 0 spiro atoms. The Labute approximate surface area is 92.4 Å². The maximum atomic E-state index is 11.1. The fourth-order valence-corrected chi connectivity index (χ4v) is 2.57. The molecule has 1 fully saturated rings. The van der Waals surface area contributed by atoms with Crippen LogP contribution in [0.3, 0.4) is 0 Å². The number of piperidine rings is 1. The third-order valence-electron chi connectivity index (χ3n) is 2.75. The van der Waals surface area contributed by atoms with Gasteiger partial charge in [-0.3, -0.25) is 0 Å². The van der Waals surface area contributed by atoms with Gasteiger partial charge < -0.3 is 9.45 Å². The molecule has 0 amide bonds. The zero-order valence-corrected chi connectivity index (χ0v) is 9.37. The van der Waals surface area contributed by atoms with Gasteiger partial charge in [0.25, 0.3) is 0 Å². The van der Waals surface area contributed by atoms with Gasteiger partial charge in [-0.15, -0.1) is 0 Å². The number of anilines is 1. The van der Waals surface area contributed by atoms with Crippen molar-refractivity contribution in [3.8, 4) is 0 Å². The number of para-hydroxylation sites is 1. The van der Waals surface area contributed by atoms with Crippen LogP contribution >= 0.6 is 0 Å². The summed E-state index contributed by atoms with van der Waals surface area (Å²) >= 11 is -1.88. The van der Waals surface area contributed by atoms with E-state index in [1.54, 1.807) is 12.1 Å². The van der Waals surface area contributed by atoms with Crippen LogP contribution < -0.4 is 4.90 Å². The first-order valence-electron chi connectivity index (χ1n) is 5.24. The molecule has 0 aliphatic carbocycles. The quantitative estimate of drug-likeness (QED) is 0.785. The second-order valence-corrected chi connectivity index (χ2v) is 4.70. The van der Waals surface area contributed by atoms with Crippen molar-refractivity contribution in [3.63, 3.8) is 0 Å². The van der Waals surface area contributed by atoms with Crippen LogP contribution in [0.4, 0.5) is 5.69 Å². The van der Waals surface area contributed by atoms with E-state index in [0.717, 1.165) is 18.8 Å². The molecule has 4 heteroatoms. The van der Waals surface area contributed by atoms with Gasteiger partial charge in [-0.25, -0.2) is 4.21 Å². The number of hydrogen-bond donors (Lipinski definition) is 1. The first-order valence-corrected chi connectivity index (χ1v) is 6.34. The SMILES string of the molecule is O=S(O)c1ccccc1N1CCCCC1. The molecule has 1 atom stereocenters. The van der Waals surface area contributed by atoms with Gasteiger partial charge in [0.2, 0.25) is 0 Å². The fraction of sp³-hybridized carbons (Fsp3) is 0.455. The lowest BCUT2D eigenvalue weighted by atomic mass is 10.1. The highest BCUT2D eigenvalue weighted by atomic mass is 32.2. The van der Waals surface area contributed by atoms with E-state index in [2.05, 4.69) is 4.90 Å². The van der Waals surface area contributed by atoms with Crippen molar-refractivity contribution in [2.75, 3.05) is 18.0 Å². The maximum Gasteiger partial charge on any atom is 0.188 e. The van der Waals surface area contributed by atoms with E-state index in [-0.39, 0.29) is 0 Å². The molecule has 1 aliphatic rings. The third-order valence-corrected chi connectivity index (χ3v) is 3.47. The van der Waals surface area contributed by atoms with Crippen LogP contribution in [0.5, 0.6) is 0 Å². The zero-order valence-electron chi connectivity index (χ0n) is 8.56. The molecule has 1 heterocycles. The molecule has 82 valence electrons. The van der Waals surface area contributed by atoms with Gasteiger partial charge in [-0.05, 0) is 31.4 Å². The van der Waals surface area contributed by atoms with Gasteiger partial charge in [-0.1, -0.05) is 12.1 Å². The fourth-order valence-electron chi connectivity index (χ4n) is 2.00. The molecule has 1 aromatic rings. The first-order chi connectivity index (χ1) is 7.29. The van der Waals surface area contributed by atoms with E-state index in [1.165, 1.54) is 19.3 Å². The minimum atomic E-state index is -1.88. The van der Waals surface area contributed by atoms with Gasteiger partial charge in [-0.2, -0.15) is 0 Å². The summed E-state index contributed by atoms with van der Waals surface area (Å²) in [4.78, 5) is 2.73. The molecule has 15 heavy (non-hydrogen) atoms. The summed E-state index contributed by atoms with van der Waals surface area (Å²) in [6.07, 6.45) is 3.61. The summed E-state index contributed by atoms with van der Waals surface area (Å²) in [6.45, 7) is 1.99. The zero-order chi connectivity index (χ0) is 10.7. The van der Waals surface area contributed by atoms with Crippen LogP contribution in [0.25, 0.3) is 0 Å². The van der Waals surface area contributed by atoms with Gasteiger partial charge in [0, 0.05) is 13.1 Å². The molecule has 2 rings (SSSR count). The number of hydrogen-bond acceptors (Lipinski definition) is 2. The topological polar surface area (TPSA) is 40.5 Å². The van der Waals surface area contributed by atoms with E-state index < -0.39 is 11.1 Å². The molecule has 1 saturated heterocycles. The van der Waals surface area contributed by atoms with E-state index >= 15 is 0 Å². The summed E-state index contributed by atoms with van der Waals surface area (Å²) in [7, 11) is 0. The van der Waals surface area contributed by atoms with Crippen molar-refractivity contribution in [2.24, 2.45) is 0 Å². The molecule has 1 N–H and O–H groups in total. The molecule has 3 nitrogen and oxygen atoms in total. The molecule has 0 aromatic heterocycles. The number of rotatable bonds is 2. The van der Waals surface area contributed by atoms with E-state index in [0.29, 0.717) is 4.90 Å². The van der Waals surface area contributed by atoms with Crippen molar-refractivity contribution < 1.29 is 8.76 Å². The highest BCUT2D eigenvalue weighted by Gasteiger charge is 2.16. The lowest BCUT2D eigenvalue weighted by Gasteiger charge is -2.29. The molecule has 0 bridgehead atoms. The number of nitrogens with zero attached hydrogens (tertiary/aromatic N) is 1. The van der Waals surface area contributed by atoms with Gasteiger partial charge in [0.1, 0.15) is 0 Å². The van der Waals surface area contributed by atoms with Crippen LogP contribution in [0.1, 0.15) is 19.3 Å². The predicted octanol–water partition coefficient (Wildman–Crippen LogP) is 2.26. The minimum Gasteiger partial charge on any atom is -0.370 e. The average Bonchev–Trinajstić information content (AvgIpc) is 2.30. The highest BCUT2D eigenvalue weighted by molar-refractivity contribution is 7.79. The van der Waals surface area contributed by atoms with Crippen LogP contribution in [0, 0.1) is 0 Å². The Hall–Kier alpha value is -0.870. The lowest BCUT2D eigenvalue weighted by Crippen LogP contribution is -2.30. The molecule has 1 aliphatic heterocycles. The molecule has 0 saturated carbocycles. The normalized spacial score (nSPS) is 18.9. The summed E-state index contributed by atoms with van der Waals surface area (Å²) in [6, 6.07) is 7.37. The second kappa shape index (κ2) is 4.77. The van der Waals surface area contributed by atoms with Crippen LogP contribution in [0.15, 0.2) is 29.2 Å². The Morgan fingerprint density at radius 2 is 1.80 bits per heavy atom. The van der Waals surface area contributed by atoms with Crippen molar-refractivity contribution in [3.05, 3.63) is 24.3 Å². The lowest BCUT2D eigenvalue weighted by molar-refractivity contribution is 0.557. The van der Waals surface area contributed by atoms with Gasteiger partial charge in [0.15, 0.2) is 11.1 Å². The van der Waals surface area contributed by atoms with E-state index in [9.17, 15) is 8.76 Å². The first kappa shape index (κ1) is 10.6. The van der Waals surface area contributed by atoms with Crippen LogP contribution in [-0.2, 0) is 11.1 Å². The van der Waals surface area contributed by atoms with Crippen LogP contribution in [-0.4, -0.2) is 21.9 Å². The summed E-state index contributed by atoms with van der Waals surface area (Å²) < 4.78 is 20.3. The smallest absolute Gasteiger partial charge is 0.188 e. The van der Waals surface area contributed by atoms with Crippen molar-refractivity contribution in [1.29, 1.82) is 0 Å². The van der Waals surface area contributed by atoms with Gasteiger partial charge in [0.05, 0.1) is 10.6 Å². The Bertz CT molecular complexity index is 361. The minimum absolute atomic E-state index is 0.527. The van der Waals surface area contributed by atoms with E-state index in [4.69, 9.17) is 0 Å². The highest BCUT2D eigenvalue weighted by Crippen LogP contribution is 2.25. The second-order valence-electron chi connectivity index (χ2n) is 3.76. The monoisotopic (exact) mass is 225 g/mol. The standard InChI is InChI=1S/C11H15NO2S/c13-15(14)11-7-3-2-6-10(11)12-8-4-1-5-9-12/h2-3,6-7H,1,4-5,8-9H2,(H,13,14). The largest absolute Gasteiger partial charge is 0.370 e. The summed E-state index contributed by atoms with van der Waals surface area (Å²) in [5.74, 6) is 0. The van der Waals surface area contributed by atoms with Gasteiger partial charge >= 0.3 is 0 Å². The molecule has 1 unspecified atom stereocenters. The van der Waals surface area contributed by atoms with Crippen molar-refractivity contribution >= 4 is 16.8 Å². The molecular formula is C11H15NO2S. The van der Waals surface area contributed by atoms with Crippen molar-refractivity contribution in [2.45, 2.75) is 24.2 Å². The Balaban J connectivity index is 2.29. The van der Waals surface area contributed by atoms with E-state index in [1.807, 2.05) is 12.1 Å². The van der Waals surface area contributed by atoms with Crippen molar-refractivity contribution in [1.82, 2.24) is 0 Å². The molecule has 0 radical (unpaired) electrons. The predicted molar refractivity (Wildman–Crippen MR) is 61.5 cm³/mol. The Morgan fingerprint density at radius 1 is 1.13 bits per heavy atom. The van der Waals surface area contributed by atoms with Crippen LogP contribution in [0.2, 0.25) is 0 Å². The maximum absolute atomic E-state index is 11.1. The Kier molecular flexibility index (Phi) is 3.38. The summed E-state index contributed by atoms with van der Waals surface area (Å²) in [5.41, 5.74) is 0.915. The number of benzene rings is 1. The Morgan fingerprint density at radius 3 is 2.47 bits per heavy atom.